The van der Waals surface area contributed by atoms with E-state index in [0.717, 1.165) is 17.0 Å². The van der Waals surface area contributed by atoms with Crippen LogP contribution in [0.5, 0.6) is 0 Å². The van der Waals surface area contributed by atoms with E-state index in [2.05, 4.69) is 13.0 Å². The van der Waals surface area contributed by atoms with E-state index in [4.69, 9.17) is 23.2 Å². The molecule has 0 aromatic carbocycles. The molecule has 0 amide bonds. The summed E-state index contributed by atoms with van der Waals surface area (Å²) in [5.41, 5.74) is 0.923. The number of hydrogen-bond acceptors (Lipinski definition) is 0. The average molecular weight is 233 g/mol. The van der Waals surface area contributed by atoms with Crippen molar-refractivity contribution in [3.05, 3.63) is 33.9 Å². The second kappa shape index (κ2) is 8.14. The van der Waals surface area contributed by atoms with E-state index in [1.165, 1.54) is 12.8 Å². The maximum absolute atomic E-state index is 6.01. The van der Waals surface area contributed by atoms with E-state index in [1.54, 1.807) is 0 Å². The van der Waals surface area contributed by atoms with E-state index in [9.17, 15) is 0 Å². The fraction of sp³-hybridized carbons (Fsp3) is 0.500. The first-order chi connectivity index (χ1) is 6.63. The third-order valence-electron chi connectivity index (χ3n) is 1.89. The summed E-state index contributed by atoms with van der Waals surface area (Å²) >= 11 is 11.9. The Hall–Kier alpha value is -0.200. The van der Waals surface area contributed by atoms with Crippen LogP contribution in [-0.4, -0.2) is 0 Å². The molecule has 0 aromatic heterocycles. The Labute approximate surface area is 97.3 Å². The molecule has 0 aromatic rings. The summed E-state index contributed by atoms with van der Waals surface area (Å²) in [6.07, 6.45) is 9.47. The fourth-order valence-corrected chi connectivity index (χ4v) is 1.46. The van der Waals surface area contributed by atoms with Crippen molar-refractivity contribution in [3.63, 3.8) is 0 Å². The molecule has 0 fully saturated rings. The van der Waals surface area contributed by atoms with Crippen molar-refractivity contribution in [2.24, 2.45) is 0 Å². The van der Waals surface area contributed by atoms with Crippen molar-refractivity contribution in [3.8, 4) is 0 Å². The van der Waals surface area contributed by atoms with Crippen LogP contribution < -0.4 is 0 Å². The second-order valence-electron chi connectivity index (χ2n) is 3.13. The third kappa shape index (κ3) is 5.51. The highest BCUT2D eigenvalue weighted by molar-refractivity contribution is 6.35. The van der Waals surface area contributed by atoms with E-state index in [-0.39, 0.29) is 0 Å². The molecule has 0 saturated heterocycles. The first-order valence-electron chi connectivity index (χ1n) is 4.98. The van der Waals surface area contributed by atoms with Gasteiger partial charge in [-0.3, -0.25) is 0 Å². The Morgan fingerprint density at radius 1 is 1.29 bits per heavy atom. The Bertz CT molecular complexity index is 243. The molecule has 0 saturated carbocycles. The van der Waals surface area contributed by atoms with E-state index >= 15 is 0 Å². The summed E-state index contributed by atoms with van der Waals surface area (Å²) in [6, 6.07) is 0. The number of rotatable bonds is 5. The average Bonchev–Trinajstić information content (AvgIpc) is 2.16. The molecule has 0 N–H and O–H groups in total. The van der Waals surface area contributed by atoms with Crippen LogP contribution in [0.25, 0.3) is 0 Å². The van der Waals surface area contributed by atoms with Gasteiger partial charge in [0.25, 0.3) is 0 Å². The summed E-state index contributed by atoms with van der Waals surface area (Å²) in [5.74, 6) is 0. The maximum atomic E-state index is 6.01. The lowest BCUT2D eigenvalue weighted by Gasteiger charge is -2.01. The zero-order valence-electron chi connectivity index (χ0n) is 9.11. The van der Waals surface area contributed by atoms with Crippen LogP contribution in [0.1, 0.15) is 40.0 Å². The highest BCUT2D eigenvalue weighted by Crippen LogP contribution is 2.22. The number of halogens is 2. The smallest absolute Gasteiger partial charge is 0.0447 e. The SMILES string of the molecule is CC=C(Cl)C(C=CCCCC)=C(C)Cl. The van der Waals surface area contributed by atoms with Crippen LogP contribution in [0, 0.1) is 0 Å². The Morgan fingerprint density at radius 2 is 1.93 bits per heavy atom. The lowest BCUT2D eigenvalue weighted by molar-refractivity contribution is 0.814. The van der Waals surface area contributed by atoms with Gasteiger partial charge in [-0.25, -0.2) is 0 Å². The van der Waals surface area contributed by atoms with Gasteiger partial charge in [-0.05, 0) is 20.3 Å². The van der Waals surface area contributed by atoms with E-state index < -0.39 is 0 Å². The van der Waals surface area contributed by atoms with Crippen molar-refractivity contribution in [1.29, 1.82) is 0 Å². The van der Waals surface area contributed by atoms with Gasteiger partial charge in [-0.1, -0.05) is 61.2 Å². The van der Waals surface area contributed by atoms with Gasteiger partial charge in [0.15, 0.2) is 0 Å². The highest BCUT2D eigenvalue weighted by Gasteiger charge is 2.00. The lowest BCUT2D eigenvalue weighted by atomic mass is 10.1. The van der Waals surface area contributed by atoms with Crippen LogP contribution in [0.15, 0.2) is 33.9 Å². The molecule has 0 heterocycles. The Balaban J connectivity index is 4.42. The molecule has 80 valence electrons. The van der Waals surface area contributed by atoms with Gasteiger partial charge >= 0.3 is 0 Å². The molecule has 0 spiro atoms. The van der Waals surface area contributed by atoms with Crippen LogP contribution in [-0.2, 0) is 0 Å². The number of allylic oxidation sites excluding steroid dienone is 6. The maximum Gasteiger partial charge on any atom is 0.0447 e. The van der Waals surface area contributed by atoms with E-state index in [1.807, 2.05) is 26.0 Å². The van der Waals surface area contributed by atoms with Crippen LogP contribution in [0.2, 0.25) is 0 Å². The second-order valence-corrected chi connectivity index (χ2v) is 4.10. The van der Waals surface area contributed by atoms with E-state index in [0.29, 0.717) is 5.03 Å². The summed E-state index contributed by atoms with van der Waals surface area (Å²) in [7, 11) is 0. The molecule has 2 heteroatoms. The van der Waals surface area contributed by atoms with Gasteiger partial charge in [-0.2, -0.15) is 0 Å². The molecule has 0 aliphatic rings. The number of hydrogen-bond donors (Lipinski definition) is 0. The summed E-state index contributed by atoms with van der Waals surface area (Å²) in [4.78, 5) is 0. The largest absolute Gasteiger partial charge is 0.0888 e. The van der Waals surface area contributed by atoms with Crippen molar-refractivity contribution in [2.75, 3.05) is 0 Å². The standard InChI is InChI=1S/C12H18Cl2/c1-4-6-7-8-9-11(10(3)13)12(14)5-2/h5,8-9H,4,6-7H2,1-3H3. The Kier molecular flexibility index (Phi) is 8.02. The van der Waals surface area contributed by atoms with Gasteiger partial charge in [0, 0.05) is 15.6 Å². The molecule has 0 nitrogen and oxygen atoms in total. The van der Waals surface area contributed by atoms with Crippen molar-refractivity contribution < 1.29 is 0 Å². The minimum absolute atomic E-state index is 0.713. The predicted molar refractivity (Wildman–Crippen MR) is 66.8 cm³/mol. The molecule has 0 aliphatic heterocycles. The first kappa shape index (κ1) is 13.8. The third-order valence-corrected chi connectivity index (χ3v) is 2.52. The topological polar surface area (TPSA) is 0 Å². The van der Waals surface area contributed by atoms with Crippen LogP contribution >= 0.6 is 23.2 Å². The van der Waals surface area contributed by atoms with Crippen molar-refractivity contribution in [1.82, 2.24) is 0 Å². The molecule has 0 rings (SSSR count). The first-order valence-corrected chi connectivity index (χ1v) is 5.74. The minimum atomic E-state index is 0.713. The van der Waals surface area contributed by atoms with Crippen LogP contribution in [0.3, 0.4) is 0 Å². The van der Waals surface area contributed by atoms with Crippen molar-refractivity contribution >= 4 is 23.2 Å². The molecule has 0 radical (unpaired) electrons. The zero-order chi connectivity index (χ0) is 11.0. The molecular formula is C12H18Cl2. The summed E-state index contributed by atoms with van der Waals surface area (Å²) < 4.78 is 0. The van der Waals surface area contributed by atoms with Gasteiger partial charge in [0.1, 0.15) is 0 Å². The number of unbranched alkanes of at least 4 members (excludes halogenated alkanes) is 2. The molecule has 0 atom stereocenters. The normalized spacial score (nSPS) is 14.8. The fourth-order valence-electron chi connectivity index (χ4n) is 1.04. The molecule has 0 bridgehead atoms. The van der Waals surface area contributed by atoms with Gasteiger partial charge in [0.05, 0.1) is 0 Å². The molecule has 0 aliphatic carbocycles. The minimum Gasteiger partial charge on any atom is -0.0888 e. The molecular weight excluding hydrogens is 215 g/mol. The van der Waals surface area contributed by atoms with Crippen molar-refractivity contribution in [2.45, 2.75) is 40.0 Å². The highest BCUT2D eigenvalue weighted by atomic mass is 35.5. The molecule has 14 heavy (non-hydrogen) atoms. The zero-order valence-corrected chi connectivity index (χ0v) is 10.6. The summed E-state index contributed by atoms with van der Waals surface area (Å²) in [6.45, 7) is 5.94. The Morgan fingerprint density at radius 3 is 2.36 bits per heavy atom. The molecule has 0 unspecified atom stereocenters. The monoisotopic (exact) mass is 232 g/mol. The lowest BCUT2D eigenvalue weighted by Crippen LogP contribution is -1.81. The van der Waals surface area contributed by atoms with Gasteiger partial charge in [-0.15, -0.1) is 0 Å². The quantitative estimate of drug-likeness (QED) is 0.441. The summed E-state index contributed by atoms with van der Waals surface area (Å²) in [5, 5.41) is 1.45. The van der Waals surface area contributed by atoms with Crippen LogP contribution in [0.4, 0.5) is 0 Å². The predicted octanol–water partition coefficient (Wildman–Crippen LogP) is 5.39. The van der Waals surface area contributed by atoms with Gasteiger partial charge < -0.3 is 0 Å². The van der Waals surface area contributed by atoms with Gasteiger partial charge in [0.2, 0.25) is 0 Å².